The number of amides is 2. The number of carboxylic acid groups (broad SMARTS) is 1. The number of benzene rings is 5. The molecule has 0 aliphatic carbocycles. The number of esters is 2. The zero-order chi connectivity index (χ0) is 100. The van der Waals surface area contributed by atoms with Gasteiger partial charge < -0.3 is 108 Å². The van der Waals surface area contributed by atoms with E-state index >= 15 is 0 Å². The van der Waals surface area contributed by atoms with Crippen LogP contribution < -0.4 is 78.4 Å². The van der Waals surface area contributed by atoms with Crippen molar-refractivity contribution < 1.29 is 90.0 Å². The predicted molar refractivity (Wildman–Crippen MR) is 514 cm³/mol. The van der Waals surface area contributed by atoms with Crippen molar-refractivity contribution in [3.63, 3.8) is 0 Å². The van der Waals surface area contributed by atoms with Crippen LogP contribution in [0.2, 0.25) is 5.15 Å². The minimum Gasteiger partial charge on any atom is -0.508 e. The number of anilines is 9. The summed E-state index contributed by atoms with van der Waals surface area (Å²) in [7, 11) is 3.19. The molecule has 5 fully saturated rings. The van der Waals surface area contributed by atoms with E-state index in [-0.39, 0.29) is 178 Å². The molecule has 6 aliphatic heterocycles. The topological polar surface area (TPSA) is 543 Å². The van der Waals surface area contributed by atoms with Gasteiger partial charge in [0.05, 0.1) is 64.8 Å². The number of rotatable bonds is 17. The van der Waals surface area contributed by atoms with E-state index in [2.05, 4.69) is 76.2 Å². The van der Waals surface area contributed by atoms with Crippen molar-refractivity contribution in [2.24, 2.45) is 0 Å². The number of nitrogens with one attached hydrogen (secondary N) is 3. The van der Waals surface area contributed by atoms with Gasteiger partial charge in [0, 0.05) is 97.6 Å². The molecule has 16 heterocycles. The lowest BCUT2D eigenvalue weighted by molar-refractivity contribution is 0.0519. The number of aromatic carboxylic acids is 1. The summed E-state index contributed by atoms with van der Waals surface area (Å²) in [6, 6.07) is 29.7. The van der Waals surface area contributed by atoms with Crippen LogP contribution >= 0.6 is 11.6 Å². The van der Waals surface area contributed by atoms with Gasteiger partial charge >= 0.3 is 17.9 Å². The van der Waals surface area contributed by atoms with Crippen LogP contribution in [0.25, 0.3) is 28.2 Å². The molecule has 5 atom stereocenters. The number of aliphatic hydroxyl groups excluding tert-OH is 1. The summed E-state index contributed by atoms with van der Waals surface area (Å²) in [6.07, 6.45) is 17.1. The van der Waals surface area contributed by atoms with Crippen molar-refractivity contribution in [3.05, 3.63) is 242 Å². The highest BCUT2D eigenvalue weighted by atomic mass is 35.5. The number of nitrogens with two attached hydrogens (primary N) is 5. The Balaban J connectivity index is 0.000000125. The van der Waals surface area contributed by atoms with E-state index in [1.165, 1.54) is 89.3 Å². The van der Waals surface area contributed by atoms with Crippen LogP contribution in [-0.4, -0.2) is 210 Å². The average molecular weight is 1980 g/mol. The molecule has 47 heteroatoms. The van der Waals surface area contributed by atoms with E-state index in [0.717, 1.165) is 106 Å². The lowest BCUT2D eigenvalue weighted by Crippen LogP contribution is -2.28. The first-order chi connectivity index (χ1) is 68.5. The number of hydrogen-bond acceptors (Lipinski definition) is 33. The number of halogens is 6. The number of nitrogens with zero attached hydrogens (tertiary/aromatic N) is 19. The highest BCUT2D eigenvalue weighted by Gasteiger charge is 2.38. The molecule has 0 spiro atoms. The normalized spacial score (nSPS) is 16.9. The highest BCUT2D eigenvalue weighted by Crippen LogP contribution is 2.46. The number of carbonyl (C=O) groups excluding carboxylic acids is 4. The molecule has 5 saturated heterocycles. The van der Waals surface area contributed by atoms with Gasteiger partial charge in [0.15, 0.2) is 57.3 Å². The van der Waals surface area contributed by atoms with Crippen LogP contribution in [0.15, 0.2) is 152 Å². The van der Waals surface area contributed by atoms with Gasteiger partial charge in [-0.25, -0.2) is 83.8 Å². The number of ether oxygens (including phenoxy) is 5. The summed E-state index contributed by atoms with van der Waals surface area (Å²) in [5.74, 6) is -0.111. The van der Waals surface area contributed by atoms with Gasteiger partial charge in [0.25, 0.3) is 11.8 Å². The molecule has 142 heavy (non-hydrogen) atoms. The van der Waals surface area contributed by atoms with Gasteiger partial charge in [-0.2, -0.15) is 0 Å². The second kappa shape index (κ2) is 43.3. The molecule has 15 aromatic rings. The summed E-state index contributed by atoms with van der Waals surface area (Å²) >= 11 is 5.74. The summed E-state index contributed by atoms with van der Waals surface area (Å²) < 4.78 is 102. The molecule has 17 N–H and O–H groups in total. The van der Waals surface area contributed by atoms with Crippen molar-refractivity contribution in [2.45, 2.75) is 108 Å². The third-order valence-electron chi connectivity index (χ3n) is 24.5. The Bertz CT molecular complexity index is 7230. The molecule has 21 rings (SSSR count). The zero-order valence-corrected chi connectivity index (χ0v) is 77.9. The van der Waals surface area contributed by atoms with Crippen molar-refractivity contribution >= 4 is 122 Å². The number of hydrogen-bond donors (Lipinski definition) is 12. The monoisotopic (exact) mass is 1970 g/mol. The smallest absolute Gasteiger partial charge is 0.345 e. The molecule has 742 valence electrons. The largest absolute Gasteiger partial charge is 0.508 e. The molecule has 6 aliphatic rings. The fourth-order valence-electron chi connectivity index (χ4n) is 18.3. The van der Waals surface area contributed by atoms with Crippen molar-refractivity contribution in [2.75, 3.05) is 135 Å². The number of aromatic hydroxyl groups is 2. The first kappa shape index (κ1) is 98.7. The fourth-order valence-corrected chi connectivity index (χ4v) is 18.4. The van der Waals surface area contributed by atoms with Gasteiger partial charge in [0.2, 0.25) is 0 Å². The van der Waals surface area contributed by atoms with Crippen LogP contribution in [0.5, 0.6) is 28.7 Å². The minimum atomic E-state index is -1.21. The predicted octanol–water partition coefficient (Wildman–Crippen LogP) is 11.7. The Morgan fingerprint density at radius 2 is 0.845 bits per heavy atom. The molecule has 10 aromatic heterocycles. The molecule has 2 amide bonds. The third-order valence-corrected chi connectivity index (χ3v) is 24.7. The standard InChI is InChI=1S/C20H22FN5O3.C19H21FN6O3.C19H19FN6O2.C17H16FN5O3.C11H14FNO.C9H9ClN4O2/c1-3-29-20(27)17-18(22)24-26-10-8-16(23-19(17)26)25-9-4-5-14(25)13-11-12(21)6-7-15(13)28-2;20-11-3-4-14(28)12(10-11)13-2-1-7-25(13)15-5-8-26-18(23-15)16(17(21)24-26)19(29)22-6-9-27;20-11-3-4-14-12(10-11)13-2-1-7-25(13)15-5-8-26-18(23-15)16(17(21)24-26)19(27)22-6-9-28-14;18-9-3-4-12(24)10(8-9)11-2-1-6-22(11)13-5-7-23-16(20-13)14(17(25)26)15(19)21-23;1-14-11-5-4-8(12)7-9(11)10-3-2-6-13-10;1-2-16-9(15)6-7(11)13-14-4-3-5(10)12-8(6)14/h6-8,10-11,14H,3-5,9H2,1-2H3,(H2,22,24);3-5,8,10,13,27-28H,1-2,6-7,9H2,(H2,21,24)(H,22,29);3-5,8,10,13H,1-2,6-7,9H2,(H2,21,24)(H,22,27);3-5,7-8,11,24H,1-2,6H2,(H2,19,21)(H,25,26);4-5,7,10,13H,2-3,6H2,1H3;3-4H,2H2,1H3,(H2,11,13)/t14-;2*13-;11-;10-;/m00000./s1. The Labute approximate surface area is 810 Å². The van der Waals surface area contributed by atoms with E-state index in [1.807, 2.05) is 15.9 Å². The summed E-state index contributed by atoms with van der Waals surface area (Å²) in [5, 5.41) is 67.9. The second-order valence-electron chi connectivity index (χ2n) is 33.3. The molecule has 41 nitrogen and oxygen atoms in total. The number of fused-ring (bicyclic) bond motifs is 9. The molecule has 0 unspecified atom stereocenters. The number of carbonyl (C=O) groups is 5. The maximum absolute atomic E-state index is 14.0. The quantitative estimate of drug-likeness (QED) is 0.0229. The van der Waals surface area contributed by atoms with Gasteiger partial charge in [-0.3, -0.25) is 9.59 Å². The molecule has 2 bridgehead atoms. The lowest BCUT2D eigenvalue weighted by atomic mass is 10.0. The summed E-state index contributed by atoms with van der Waals surface area (Å²) in [5.41, 5.74) is 34.5. The summed E-state index contributed by atoms with van der Waals surface area (Å²) in [4.78, 5) is 90.8. The number of aromatic nitrogens is 15. The lowest BCUT2D eigenvalue weighted by Gasteiger charge is -2.27. The number of aliphatic hydroxyl groups is 1. The molecule has 5 aromatic carbocycles. The van der Waals surface area contributed by atoms with E-state index < -0.39 is 35.4 Å². The van der Waals surface area contributed by atoms with E-state index in [9.17, 15) is 61.2 Å². The van der Waals surface area contributed by atoms with E-state index in [0.29, 0.717) is 75.9 Å². The van der Waals surface area contributed by atoms with E-state index in [4.69, 9.17) is 69.1 Å². The zero-order valence-electron chi connectivity index (χ0n) is 77.2. The Morgan fingerprint density at radius 1 is 0.465 bits per heavy atom. The maximum Gasteiger partial charge on any atom is 0.345 e. The van der Waals surface area contributed by atoms with Crippen LogP contribution in [0, 0.1) is 29.1 Å². The van der Waals surface area contributed by atoms with Crippen LogP contribution in [0.3, 0.4) is 0 Å². The van der Waals surface area contributed by atoms with Crippen molar-refractivity contribution in [1.82, 2.24) is 88.9 Å². The van der Waals surface area contributed by atoms with Crippen LogP contribution in [0.4, 0.5) is 74.3 Å². The molecular formula is C95H101ClF5N27O14. The van der Waals surface area contributed by atoms with Crippen molar-refractivity contribution in [3.8, 4) is 28.7 Å². The summed E-state index contributed by atoms with van der Waals surface area (Å²) in [6.45, 7) is 8.17. The van der Waals surface area contributed by atoms with Gasteiger partial charge in [-0.15, -0.1) is 25.5 Å². The number of phenols is 2. The first-order valence-electron chi connectivity index (χ1n) is 45.5. The Hall–Kier alpha value is -16.4. The maximum atomic E-state index is 14.0. The highest BCUT2D eigenvalue weighted by molar-refractivity contribution is 6.29. The fraction of sp³-hybridized carbons (Fsp3) is 0.316. The number of phenolic OH excluding ortho intramolecular Hbond substituents is 2. The third kappa shape index (κ3) is 21.0. The van der Waals surface area contributed by atoms with Crippen LogP contribution in [-0.2, 0) is 9.47 Å². The number of carboxylic acids is 1. The second-order valence-corrected chi connectivity index (χ2v) is 33.7. The SMILES string of the molecule is CCOC(=O)c1c(N)nn2ccc(Cl)nc12.CCOC(=O)c1c(N)nn2ccc(N3CCC[C@H]3c3cc(F)ccc3OC)nc12.COc1ccc(F)cc1[C@@H]1CCCN1.Nc1nn2ccc(N3CCC[C@H]3c3cc(F)ccc3O)nc2c1C(=O)NCCO.Nc1nn2ccc(N3CCC[C@H]3c3cc(F)ccc3O)nc2c1C(=O)O.Nc1nn2ccc3nc2c1C(=O)NCCOc1ccc(F)cc1[C@@H]1CCCN31. The molecule has 0 saturated carbocycles. The molecule has 0 radical (unpaired) electrons. The average Bonchev–Trinajstić information content (AvgIpc) is 1.64. The van der Waals surface area contributed by atoms with Gasteiger partial charge in [-0.1, -0.05) is 11.6 Å². The van der Waals surface area contributed by atoms with Gasteiger partial charge in [-0.05, 0) is 206 Å². The molecular weight excluding hydrogens is 1870 g/mol. The van der Waals surface area contributed by atoms with Crippen LogP contribution in [0.1, 0.15) is 188 Å². The Morgan fingerprint density at radius 3 is 1.30 bits per heavy atom. The van der Waals surface area contributed by atoms with E-state index in [1.54, 1.807) is 108 Å². The number of nitrogen functional groups attached to an aromatic ring is 5. The first-order valence-corrected chi connectivity index (χ1v) is 45.9. The van der Waals surface area contributed by atoms with Gasteiger partial charge in [0.1, 0.15) is 121 Å². The number of methoxy groups -OCH3 is 2. The minimum absolute atomic E-state index is 0.0178. The van der Waals surface area contributed by atoms with Crippen molar-refractivity contribution in [1.29, 1.82) is 0 Å². The Kier molecular flexibility index (Phi) is 30.1.